The molecule has 0 bridgehead atoms. The third-order valence-corrected chi connectivity index (χ3v) is 10.2. The van der Waals surface area contributed by atoms with Gasteiger partial charge in [0, 0.05) is 40.0 Å². The lowest BCUT2D eigenvalue weighted by atomic mass is 9.91. The fourth-order valence-corrected chi connectivity index (χ4v) is 7.22. The maximum Gasteiger partial charge on any atom is 0.270 e. The molecular formula is C36H29Cl2N9O3. The third kappa shape index (κ3) is 5.30. The highest BCUT2D eigenvalue weighted by Crippen LogP contribution is 2.48. The van der Waals surface area contributed by atoms with Crippen LogP contribution in [-0.2, 0) is 27.1 Å². The van der Waals surface area contributed by atoms with Crippen LogP contribution in [0.5, 0.6) is 0 Å². The van der Waals surface area contributed by atoms with E-state index in [-0.39, 0.29) is 29.9 Å². The highest BCUT2D eigenvalue weighted by molar-refractivity contribution is 6.35. The molecule has 2 fully saturated rings. The van der Waals surface area contributed by atoms with Gasteiger partial charge in [0.25, 0.3) is 11.8 Å². The van der Waals surface area contributed by atoms with Gasteiger partial charge in [0.05, 0.1) is 40.9 Å². The number of aromatic amines is 1. The van der Waals surface area contributed by atoms with Crippen molar-refractivity contribution in [1.29, 1.82) is 5.26 Å². The third-order valence-electron chi connectivity index (χ3n) is 9.80. The molecular weight excluding hydrogens is 677 g/mol. The molecule has 2 saturated carbocycles. The molecule has 3 amide bonds. The van der Waals surface area contributed by atoms with E-state index < -0.39 is 22.5 Å². The van der Waals surface area contributed by atoms with Crippen LogP contribution in [0.2, 0.25) is 10.0 Å². The number of halogens is 2. The second kappa shape index (κ2) is 11.5. The first-order valence-corrected chi connectivity index (χ1v) is 16.8. The molecule has 3 aromatic heterocycles. The number of fused-ring (bicyclic) bond motifs is 1. The van der Waals surface area contributed by atoms with Crippen molar-refractivity contribution in [3.63, 3.8) is 0 Å². The summed E-state index contributed by atoms with van der Waals surface area (Å²) < 4.78 is 1.61. The average Bonchev–Trinajstić information content (AvgIpc) is 3.90. The van der Waals surface area contributed by atoms with Crippen LogP contribution in [0.3, 0.4) is 0 Å². The lowest BCUT2D eigenvalue weighted by Crippen LogP contribution is -2.52. The highest BCUT2D eigenvalue weighted by atomic mass is 35.5. The highest BCUT2D eigenvalue weighted by Gasteiger charge is 2.57. The van der Waals surface area contributed by atoms with Gasteiger partial charge in [-0.3, -0.25) is 29.0 Å². The largest absolute Gasteiger partial charge is 0.343 e. The van der Waals surface area contributed by atoms with Crippen LogP contribution in [0.4, 0.5) is 11.6 Å². The van der Waals surface area contributed by atoms with Crippen molar-refractivity contribution in [3.05, 3.63) is 112 Å². The van der Waals surface area contributed by atoms with Crippen LogP contribution in [0, 0.1) is 11.3 Å². The molecule has 5 aromatic rings. The Morgan fingerprint density at radius 1 is 0.940 bits per heavy atom. The van der Waals surface area contributed by atoms with Crippen molar-refractivity contribution in [2.24, 2.45) is 0 Å². The number of pyridine rings is 1. The lowest BCUT2D eigenvalue weighted by Gasteiger charge is -2.27. The summed E-state index contributed by atoms with van der Waals surface area (Å²) in [6.45, 7) is 1.74. The summed E-state index contributed by atoms with van der Waals surface area (Å²) in [5.41, 5.74) is 1.33. The van der Waals surface area contributed by atoms with Gasteiger partial charge >= 0.3 is 0 Å². The van der Waals surface area contributed by atoms with E-state index in [1.165, 1.54) is 11.1 Å². The number of carbonyl (C=O) groups excluding carboxylic acids is 3. The Morgan fingerprint density at radius 2 is 1.68 bits per heavy atom. The summed E-state index contributed by atoms with van der Waals surface area (Å²) in [4.78, 5) is 52.9. The molecule has 3 aliphatic rings. The molecule has 50 heavy (non-hydrogen) atoms. The van der Waals surface area contributed by atoms with Crippen molar-refractivity contribution >= 4 is 52.6 Å². The fourth-order valence-electron chi connectivity index (χ4n) is 6.70. The Hall–Kier alpha value is -5.51. The summed E-state index contributed by atoms with van der Waals surface area (Å²) in [6.07, 6.45) is 9.26. The van der Waals surface area contributed by atoms with Gasteiger partial charge in [-0.05, 0) is 74.6 Å². The Labute approximate surface area is 296 Å². The number of nitrogens with one attached hydrogen (secondary N) is 3. The normalized spacial score (nSPS) is 19.4. The van der Waals surface area contributed by atoms with Gasteiger partial charge in [-0.15, -0.1) is 0 Å². The number of imidazole rings is 1. The second-order valence-corrected chi connectivity index (χ2v) is 14.2. The van der Waals surface area contributed by atoms with E-state index in [1.807, 2.05) is 12.1 Å². The first kappa shape index (κ1) is 31.7. The van der Waals surface area contributed by atoms with Gasteiger partial charge in [-0.2, -0.15) is 10.4 Å². The SMILES string of the molecule is C[C@@]1(Cc2ccc(C#N)cc2)C(=O)N(c2cc(Cl)cc(Cl)c2)c2ncc(C(=O)NC3(C(=O)NC4(c5ccc(-c6cn[nH]c6)cn5)CC4)CC3)n21. The summed E-state index contributed by atoms with van der Waals surface area (Å²) >= 11 is 12.7. The topological polar surface area (TPSA) is 162 Å². The number of amides is 3. The number of rotatable bonds is 9. The number of aromatic nitrogens is 5. The smallest absolute Gasteiger partial charge is 0.270 e. The number of H-pyrrole nitrogens is 1. The van der Waals surface area contributed by atoms with E-state index in [1.54, 1.807) is 72.5 Å². The van der Waals surface area contributed by atoms with E-state index in [0.717, 1.165) is 35.2 Å². The van der Waals surface area contributed by atoms with Gasteiger partial charge in [-0.25, -0.2) is 9.88 Å². The molecule has 14 heteroatoms. The number of anilines is 2. The van der Waals surface area contributed by atoms with Crippen molar-refractivity contribution in [1.82, 2.24) is 35.4 Å². The predicted octanol–water partition coefficient (Wildman–Crippen LogP) is 5.55. The zero-order chi connectivity index (χ0) is 34.8. The Balaban J connectivity index is 1.08. The second-order valence-electron chi connectivity index (χ2n) is 13.3. The molecule has 250 valence electrons. The molecule has 0 unspecified atom stereocenters. The Morgan fingerprint density at radius 3 is 2.28 bits per heavy atom. The minimum Gasteiger partial charge on any atom is -0.343 e. The Kier molecular flexibility index (Phi) is 7.32. The van der Waals surface area contributed by atoms with Gasteiger partial charge in [0.15, 0.2) is 0 Å². The van der Waals surface area contributed by atoms with Crippen molar-refractivity contribution < 1.29 is 14.4 Å². The zero-order valence-electron chi connectivity index (χ0n) is 26.7. The molecule has 0 radical (unpaired) electrons. The van der Waals surface area contributed by atoms with E-state index in [4.69, 9.17) is 23.2 Å². The molecule has 0 spiro atoms. The minimum atomic E-state index is -1.31. The molecule has 1 aliphatic heterocycles. The molecule has 12 nitrogen and oxygen atoms in total. The molecule has 0 saturated heterocycles. The first-order chi connectivity index (χ1) is 24.0. The molecule has 1 atom stereocenters. The molecule has 8 rings (SSSR count). The number of hydrogen-bond acceptors (Lipinski definition) is 7. The van der Waals surface area contributed by atoms with Crippen LogP contribution >= 0.6 is 23.2 Å². The zero-order valence-corrected chi connectivity index (χ0v) is 28.2. The van der Waals surface area contributed by atoms with E-state index in [2.05, 4.69) is 36.9 Å². The number of nitrogens with zero attached hydrogens (tertiary/aromatic N) is 6. The van der Waals surface area contributed by atoms with Crippen LogP contribution < -0.4 is 15.5 Å². The summed E-state index contributed by atoms with van der Waals surface area (Å²) in [6, 6.07) is 17.7. The van der Waals surface area contributed by atoms with Crippen LogP contribution in [-0.4, -0.2) is 48.0 Å². The summed E-state index contributed by atoms with van der Waals surface area (Å²) in [5, 5.41) is 22.9. The van der Waals surface area contributed by atoms with Gasteiger partial charge < -0.3 is 10.6 Å². The maximum atomic E-state index is 14.4. The number of carbonyl (C=O) groups is 3. The number of hydrogen-bond donors (Lipinski definition) is 3. The number of nitriles is 1. The average molecular weight is 707 g/mol. The van der Waals surface area contributed by atoms with E-state index in [9.17, 15) is 19.6 Å². The first-order valence-electron chi connectivity index (χ1n) is 16.0. The van der Waals surface area contributed by atoms with E-state index >= 15 is 0 Å². The summed E-state index contributed by atoms with van der Waals surface area (Å²) in [5.74, 6) is -0.950. The van der Waals surface area contributed by atoms with Gasteiger partial charge in [-0.1, -0.05) is 41.4 Å². The van der Waals surface area contributed by atoms with Crippen molar-refractivity contribution in [2.45, 2.75) is 55.6 Å². The predicted molar refractivity (Wildman–Crippen MR) is 185 cm³/mol. The quantitative estimate of drug-likeness (QED) is 0.181. The van der Waals surface area contributed by atoms with Crippen molar-refractivity contribution in [2.75, 3.05) is 4.90 Å². The van der Waals surface area contributed by atoms with Crippen LogP contribution in [0.25, 0.3) is 11.1 Å². The maximum absolute atomic E-state index is 14.4. The molecule has 3 N–H and O–H groups in total. The van der Waals surface area contributed by atoms with Gasteiger partial charge in [0.1, 0.15) is 16.8 Å². The van der Waals surface area contributed by atoms with E-state index in [0.29, 0.717) is 34.1 Å². The van der Waals surface area contributed by atoms with Crippen LogP contribution in [0.15, 0.2) is 79.4 Å². The standard InChI is InChI=1S/C36H29Cl2N9O3/c1-34(15-21-2-4-22(16-39)5-3-21)32(50)46(27-13-25(37)12-26(38)14-27)33-41-20-28(47(33)34)30(48)44-36(10-11-36)31(49)45-35(8-9-35)29-7-6-23(17-40-29)24-18-42-43-19-24/h2-7,12-14,17-20H,8-11,15H2,1H3,(H,42,43)(H,44,48)(H,45,49)/t34-/m1/s1. The van der Waals surface area contributed by atoms with Crippen LogP contribution in [0.1, 0.15) is 59.9 Å². The number of benzene rings is 2. The molecule has 4 heterocycles. The minimum absolute atomic E-state index is 0.122. The molecule has 2 aromatic carbocycles. The van der Waals surface area contributed by atoms with Gasteiger partial charge in [0.2, 0.25) is 11.9 Å². The molecule has 2 aliphatic carbocycles. The summed E-state index contributed by atoms with van der Waals surface area (Å²) in [7, 11) is 0. The monoisotopic (exact) mass is 705 g/mol. The van der Waals surface area contributed by atoms with Crippen molar-refractivity contribution in [3.8, 4) is 17.2 Å². The fraction of sp³-hybridized carbons (Fsp3) is 0.250. The lowest BCUT2D eigenvalue weighted by molar-refractivity contribution is -0.125. The Bertz CT molecular complexity index is 2200.